The normalized spacial score (nSPS) is 14.8. The lowest BCUT2D eigenvalue weighted by atomic mass is 10.2. The molecule has 0 saturated carbocycles. The number of hydrogen-bond donors (Lipinski definition) is 0. The average molecular weight is 503 g/mol. The highest BCUT2D eigenvalue weighted by molar-refractivity contribution is 5.71. The fourth-order valence-electron chi connectivity index (χ4n) is 4.35. The lowest BCUT2D eigenvalue weighted by Gasteiger charge is -2.32. The molecule has 3 aromatic heterocycles. The maximum Gasteiger partial charge on any atom is 0.332 e. The zero-order valence-corrected chi connectivity index (χ0v) is 21.1. The van der Waals surface area contributed by atoms with E-state index in [2.05, 4.69) is 37.0 Å². The smallest absolute Gasteiger partial charge is 0.332 e. The molecular weight excluding hydrogens is 472 g/mol. The van der Waals surface area contributed by atoms with Crippen LogP contribution in [-0.2, 0) is 13.6 Å². The van der Waals surface area contributed by atoms with Gasteiger partial charge in [0.05, 0.1) is 13.2 Å². The van der Waals surface area contributed by atoms with Crippen molar-refractivity contribution in [1.29, 1.82) is 0 Å². The van der Waals surface area contributed by atoms with Crippen molar-refractivity contribution >= 4 is 11.2 Å². The monoisotopic (exact) mass is 502 g/mol. The Morgan fingerprint density at radius 3 is 2.49 bits per heavy atom. The summed E-state index contributed by atoms with van der Waals surface area (Å²) < 4.78 is 8.33. The van der Waals surface area contributed by atoms with Crippen LogP contribution < -0.4 is 16.0 Å². The van der Waals surface area contributed by atoms with Crippen molar-refractivity contribution < 1.29 is 4.74 Å². The third-order valence-electron chi connectivity index (χ3n) is 6.61. The molecule has 11 nitrogen and oxygen atoms in total. The Labute approximate surface area is 214 Å². The van der Waals surface area contributed by atoms with Gasteiger partial charge in [-0.05, 0) is 49.4 Å². The molecule has 0 atom stereocenters. The maximum absolute atomic E-state index is 12.8. The Morgan fingerprint density at radius 1 is 0.973 bits per heavy atom. The van der Waals surface area contributed by atoms with Crippen LogP contribution in [0.15, 0.2) is 58.4 Å². The standard InChI is InChI=1S/C26H30N8O3/c1-31-12-14-33(15-13-31)11-4-16-37-21-8-6-20(7-9-21)23-28-22-24(30-29-23)34(26(36)32(2)25(22)35)18-19-5-3-10-27-17-19/h3,5-10,17H,4,11-16,18H2,1-2H3. The van der Waals surface area contributed by atoms with E-state index in [9.17, 15) is 9.59 Å². The van der Waals surface area contributed by atoms with E-state index in [1.54, 1.807) is 18.5 Å². The summed E-state index contributed by atoms with van der Waals surface area (Å²) in [5, 5.41) is 8.45. The zero-order valence-electron chi connectivity index (χ0n) is 21.1. The summed E-state index contributed by atoms with van der Waals surface area (Å²) in [6.45, 7) is 6.31. The number of benzene rings is 1. The van der Waals surface area contributed by atoms with Crippen LogP contribution in [0.25, 0.3) is 22.6 Å². The van der Waals surface area contributed by atoms with Gasteiger partial charge in [-0.1, -0.05) is 6.07 Å². The molecule has 37 heavy (non-hydrogen) atoms. The Kier molecular flexibility index (Phi) is 7.33. The Morgan fingerprint density at radius 2 is 1.76 bits per heavy atom. The largest absolute Gasteiger partial charge is 0.494 e. The van der Waals surface area contributed by atoms with Crippen molar-refractivity contribution in [3.05, 3.63) is 75.2 Å². The molecule has 4 heterocycles. The van der Waals surface area contributed by atoms with E-state index in [1.165, 1.54) is 11.6 Å². The topological polar surface area (TPSA) is 111 Å². The van der Waals surface area contributed by atoms with E-state index in [0.717, 1.165) is 55.0 Å². The summed E-state index contributed by atoms with van der Waals surface area (Å²) >= 11 is 0. The van der Waals surface area contributed by atoms with Crippen molar-refractivity contribution in [3.63, 3.8) is 0 Å². The Hall–Kier alpha value is -3.96. The quantitative estimate of drug-likeness (QED) is 0.326. The molecule has 0 radical (unpaired) electrons. The highest BCUT2D eigenvalue weighted by Gasteiger charge is 2.17. The third kappa shape index (κ3) is 5.57. The second-order valence-electron chi connectivity index (χ2n) is 9.27. The lowest BCUT2D eigenvalue weighted by molar-refractivity contribution is 0.145. The van der Waals surface area contributed by atoms with Gasteiger partial charge < -0.3 is 14.5 Å². The van der Waals surface area contributed by atoms with Crippen molar-refractivity contribution in [2.75, 3.05) is 46.4 Å². The van der Waals surface area contributed by atoms with Gasteiger partial charge in [0.1, 0.15) is 5.75 Å². The molecule has 0 amide bonds. The highest BCUT2D eigenvalue weighted by Crippen LogP contribution is 2.20. The summed E-state index contributed by atoms with van der Waals surface area (Å²) in [6.07, 6.45) is 4.28. The number of rotatable bonds is 8. The average Bonchev–Trinajstić information content (AvgIpc) is 2.94. The fraction of sp³-hybridized carbons (Fsp3) is 0.385. The first-order valence-electron chi connectivity index (χ1n) is 12.4. The number of likely N-dealkylation sites (N-methyl/N-ethyl adjacent to an activating group) is 1. The SMILES string of the molecule is CN1CCN(CCCOc2ccc(-c3nnc4c(n3)c(=O)n(C)c(=O)n4Cc3cccnc3)cc2)CC1. The third-order valence-corrected chi connectivity index (χ3v) is 6.61. The number of piperazine rings is 1. The molecule has 1 aliphatic rings. The van der Waals surface area contributed by atoms with Crippen LogP contribution in [0.3, 0.4) is 0 Å². The van der Waals surface area contributed by atoms with Crippen molar-refractivity contribution in [1.82, 2.24) is 39.1 Å². The van der Waals surface area contributed by atoms with Gasteiger partial charge in [0.2, 0.25) is 0 Å². The molecule has 1 aromatic carbocycles. The Bertz CT molecular complexity index is 1480. The van der Waals surface area contributed by atoms with Gasteiger partial charge in [-0.3, -0.25) is 18.9 Å². The first kappa shape index (κ1) is 24.7. The molecule has 0 bridgehead atoms. The fourth-order valence-corrected chi connectivity index (χ4v) is 4.35. The molecule has 4 aromatic rings. The summed E-state index contributed by atoms with van der Waals surface area (Å²) in [7, 11) is 3.59. The molecule has 11 heteroatoms. The molecule has 1 fully saturated rings. The number of fused-ring (bicyclic) bond motifs is 1. The van der Waals surface area contributed by atoms with Crippen LogP contribution in [0.2, 0.25) is 0 Å². The van der Waals surface area contributed by atoms with Gasteiger partial charge >= 0.3 is 5.69 Å². The second-order valence-corrected chi connectivity index (χ2v) is 9.27. The molecule has 0 N–H and O–H groups in total. The molecule has 0 aliphatic carbocycles. The highest BCUT2D eigenvalue weighted by atomic mass is 16.5. The van der Waals surface area contributed by atoms with E-state index in [1.807, 2.05) is 30.3 Å². The van der Waals surface area contributed by atoms with Crippen LogP contribution in [0.5, 0.6) is 5.75 Å². The van der Waals surface area contributed by atoms with Gasteiger partial charge in [-0.25, -0.2) is 9.78 Å². The van der Waals surface area contributed by atoms with Crippen LogP contribution in [0.4, 0.5) is 0 Å². The van der Waals surface area contributed by atoms with E-state index in [0.29, 0.717) is 18.0 Å². The van der Waals surface area contributed by atoms with Gasteiger partial charge in [0.15, 0.2) is 17.0 Å². The lowest BCUT2D eigenvalue weighted by Crippen LogP contribution is -2.44. The molecular formula is C26H30N8O3. The van der Waals surface area contributed by atoms with Crippen molar-refractivity contribution in [3.8, 4) is 17.1 Å². The first-order valence-corrected chi connectivity index (χ1v) is 12.4. The van der Waals surface area contributed by atoms with Crippen LogP contribution in [-0.4, -0.2) is 85.5 Å². The summed E-state index contributed by atoms with van der Waals surface area (Å²) in [5.41, 5.74) is 0.722. The number of ether oxygens (including phenoxy) is 1. The number of aromatic nitrogens is 6. The minimum Gasteiger partial charge on any atom is -0.494 e. The minimum absolute atomic E-state index is 0.0835. The Balaban J connectivity index is 1.30. The van der Waals surface area contributed by atoms with Crippen molar-refractivity contribution in [2.24, 2.45) is 7.05 Å². The summed E-state index contributed by atoms with van der Waals surface area (Å²) in [4.78, 5) is 39.0. The number of hydrogen-bond acceptors (Lipinski definition) is 9. The molecule has 192 valence electrons. The van der Waals surface area contributed by atoms with Gasteiger partial charge in [-0.15, -0.1) is 10.2 Å². The molecule has 0 spiro atoms. The first-order chi connectivity index (χ1) is 18.0. The van der Waals surface area contributed by atoms with Gasteiger partial charge in [-0.2, -0.15) is 0 Å². The van der Waals surface area contributed by atoms with Gasteiger partial charge in [0.25, 0.3) is 5.56 Å². The van der Waals surface area contributed by atoms with Crippen LogP contribution in [0, 0.1) is 0 Å². The number of pyridine rings is 1. The van der Waals surface area contributed by atoms with E-state index in [4.69, 9.17) is 4.74 Å². The molecule has 1 saturated heterocycles. The zero-order chi connectivity index (χ0) is 25.8. The number of nitrogens with zero attached hydrogens (tertiary/aromatic N) is 8. The van der Waals surface area contributed by atoms with Crippen LogP contribution >= 0.6 is 0 Å². The molecule has 0 unspecified atom stereocenters. The predicted octanol–water partition coefficient (Wildman–Crippen LogP) is 1.01. The van der Waals surface area contributed by atoms with Crippen molar-refractivity contribution in [2.45, 2.75) is 13.0 Å². The maximum atomic E-state index is 12.8. The summed E-state index contributed by atoms with van der Waals surface area (Å²) in [5.74, 6) is 1.06. The second kappa shape index (κ2) is 11.0. The summed E-state index contributed by atoms with van der Waals surface area (Å²) in [6, 6.07) is 11.0. The van der Waals surface area contributed by atoms with E-state index >= 15 is 0 Å². The molecule has 5 rings (SSSR count). The van der Waals surface area contributed by atoms with Crippen LogP contribution in [0.1, 0.15) is 12.0 Å². The van der Waals surface area contributed by atoms with E-state index in [-0.39, 0.29) is 17.7 Å². The minimum atomic E-state index is -0.515. The van der Waals surface area contributed by atoms with E-state index < -0.39 is 11.2 Å². The predicted molar refractivity (Wildman–Crippen MR) is 140 cm³/mol. The molecule has 1 aliphatic heterocycles. The van der Waals surface area contributed by atoms with Gasteiger partial charge in [0, 0.05) is 57.7 Å².